The van der Waals surface area contributed by atoms with E-state index < -0.39 is 0 Å². The highest BCUT2D eigenvalue weighted by Gasteiger charge is 2.32. The third-order valence-corrected chi connectivity index (χ3v) is 4.62. The minimum absolute atomic E-state index is 0.717. The zero-order valence-electron chi connectivity index (χ0n) is 14.0. The van der Waals surface area contributed by atoms with Gasteiger partial charge in [0.25, 0.3) is 0 Å². The van der Waals surface area contributed by atoms with Crippen LogP contribution in [0.1, 0.15) is 69.8 Å². The van der Waals surface area contributed by atoms with Crippen molar-refractivity contribution in [1.82, 2.24) is 0 Å². The second-order valence-corrected chi connectivity index (χ2v) is 6.49. The Balaban J connectivity index is 1.46. The monoisotopic (exact) mass is 309 g/mol. The van der Waals surface area contributed by atoms with Crippen molar-refractivity contribution in [2.45, 2.75) is 70.3 Å². The average Bonchev–Trinajstić information content (AvgIpc) is 3.36. The van der Waals surface area contributed by atoms with Gasteiger partial charge in [-0.25, -0.2) is 0 Å². The Morgan fingerprint density at radius 2 is 1.48 bits per heavy atom. The van der Waals surface area contributed by atoms with Crippen LogP contribution in [0, 0.1) is 22.7 Å². The van der Waals surface area contributed by atoms with Crippen LogP contribution in [0.3, 0.4) is 0 Å². The number of hydrogen-bond acceptors (Lipinski definition) is 3. The van der Waals surface area contributed by atoms with E-state index in [4.69, 9.17) is 10.5 Å². The quantitative estimate of drug-likeness (QED) is 0.418. The molecule has 1 atom stereocenters. The topological polar surface area (TPSA) is 50.6 Å². The third kappa shape index (κ3) is 6.33. The lowest BCUT2D eigenvalue weighted by atomic mass is 10.1. The van der Waals surface area contributed by atoms with Crippen molar-refractivity contribution in [2.24, 2.45) is 0 Å². The molecule has 0 aromatic heterocycles. The molecule has 0 amide bonds. The van der Waals surface area contributed by atoms with E-state index in [1.807, 2.05) is 12.1 Å². The van der Waals surface area contributed by atoms with E-state index >= 15 is 0 Å². The highest BCUT2D eigenvalue weighted by atomic mass is 15.3. The van der Waals surface area contributed by atoms with Crippen molar-refractivity contribution in [3.05, 3.63) is 29.8 Å². The molecular formula is C20H27N3. The first-order chi connectivity index (χ1) is 11.3. The maximum absolute atomic E-state index is 8.82. The molecule has 1 saturated heterocycles. The first-order valence-electron chi connectivity index (χ1n) is 8.99. The predicted octanol–water partition coefficient (Wildman–Crippen LogP) is 5.17. The van der Waals surface area contributed by atoms with E-state index in [2.05, 4.69) is 29.2 Å². The maximum Gasteiger partial charge on any atom is 0.0991 e. The molecule has 1 unspecified atom stereocenters. The Hall–Kier alpha value is -2.00. The Kier molecular flexibility index (Phi) is 7.47. The number of anilines is 1. The van der Waals surface area contributed by atoms with Crippen molar-refractivity contribution in [2.75, 3.05) is 11.4 Å². The molecule has 0 spiro atoms. The lowest BCUT2D eigenvalue weighted by Crippen LogP contribution is -1.99. The van der Waals surface area contributed by atoms with Gasteiger partial charge in [0.05, 0.1) is 17.7 Å². The summed E-state index contributed by atoms with van der Waals surface area (Å²) in [5, 5.41) is 17.3. The molecule has 1 heterocycles. The van der Waals surface area contributed by atoms with E-state index in [1.54, 1.807) is 0 Å². The van der Waals surface area contributed by atoms with E-state index in [-0.39, 0.29) is 0 Å². The zero-order valence-corrected chi connectivity index (χ0v) is 14.0. The molecule has 3 heteroatoms. The van der Waals surface area contributed by atoms with Crippen LogP contribution in [-0.4, -0.2) is 12.6 Å². The van der Waals surface area contributed by atoms with Gasteiger partial charge < -0.3 is 4.90 Å². The van der Waals surface area contributed by atoms with Crippen LogP contribution in [0.15, 0.2) is 24.3 Å². The molecule has 1 fully saturated rings. The normalized spacial score (nSPS) is 15.9. The largest absolute Gasteiger partial charge is 0.365 e. The molecule has 1 aliphatic heterocycles. The lowest BCUT2D eigenvalue weighted by molar-refractivity contribution is 0.560. The second-order valence-electron chi connectivity index (χ2n) is 6.49. The summed E-state index contributed by atoms with van der Waals surface area (Å²) in [5.41, 5.74) is 1.99. The fourth-order valence-corrected chi connectivity index (χ4v) is 3.12. The molecule has 3 nitrogen and oxygen atoms in total. The standard InChI is InChI=1S/C20H27N3/c21-15-9-7-5-3-1-2-4-6-8-10-20-17-23(20)19-13-11-18(16-22)12-14-19/h11-14,20H,1-10,17H2. The summed E-state index contributed by atoms with van der Waals surface area (Å²) in [6, 6.07) is 13.0. The van der Waals surface area contributed by atoms with Crippen molar-refractivity contribution < 1.29 is 0 Å². The molecule has 0 N–H and O–H groups in total. The number of unbranched alkanes of at least 4 members (excludes halogenated alkanes) is 8. The molecule has 2 rings (SSSR count). The molecular weight excluding hydrogens is 282 g/mol. The highest BCUT2D eigenvalue weighted by Crippen LogP contribution is 2.31. The fourth-order valence-electron chi connectivity index (χ4n) is 3.12. The molecule has 1 aromatic rings. The maximum atomic E-state index is 8.82. The molecule has 23 heavy (non-hydrogen) atoms. The van der Waals surface area contributed by atoms with E-state index in [1.165, 1.54) is 63.6 Å². The molecule has 0 saturated carbocycles. The highest BCUT2D eigenvalue weighted by molar-refractivity contribution is 5.55. The van der Waals surface area contributed by atoms with Crippen LogP contribution < -0.4 is 4.90 Å². The average molecular weight is 309 g/mol. The van der Waals surface area contributed by atoms with Gasteiger partial charge in [0.2, 0.25) is 0 Å². The summed E-state index contributed by atoms with van der Waals surface area (Å²) in [5.74, 6) is 0. The van der Waals surface area contributed by atoms with Gasteiger partial charge >= 0.3 is 0 Å². The van der Waals surface area contributed by atoms with Gasteiger partial charge in [-0.3, -0.25) is 0 Å². The summed E-state index contributed by atoms with van der Waals surface area (Å²) >= 11 is 0. The molecule has 0 radical (unpaired) electrons. The summed E-state index contributed by atoms with van der Waals surface area (Å²) < 4.78 is 0. The van der Waals surface area contributed by atoms with Gasteiger partial charge in [-0.15, -0.1) is 0 Å². The molecule has 0 bridgehead atoms. The first-order valence-corrected chi connectivity index (χ1v) is 8.99. The van der Waals surface area contributed by atoms with Crippen molar-refractivity contribution in [3.63, 3.8) is 0 Å². The minimum atomic E-state index is 0.717. The Labute approximate surface area is 140 Å². The SMILES string of the molecule is N#CCCCCCCCCCCC1CN1c1ccc(C#N)cc1. The summed E-state index contributed by atoms with van der Waals surface area (Å²) in [7, 11) is 0. The summed E-state index contributed by atoms with van der Waals surface area (Å²) in [6.07, 6.45) is 12.3. The third-order valence-electron chi connectivity index (χ3n) is 4.62. The van der Waals surface area contributed by atoms with Crippen molar-refractivity contribution in [3.8, 4) is 12.1 Å². The molecule has 122 valence electrons. The van der Waals surface area contributed by atoms with Gasteiger partial charge in [-0.2, -0.15) is 10.5 Å². The van der Waals surface area contributed by atoms with Crippen LogP contribution in [0.2, 0.25) is 0 Å². The Bertz CT molecular complexity index is 535. The fraction of sp³-hybridized carbons (Fsp3) is 0.600. The Morgan fingerprint density at radius 1 is 0.870 bits per heavy atom. The van der Waals surface area contributed by atoms with E-state index in [0.717, 1.165) is 18.4 Å². The van der Waals surface area contributed by atoms with E-state index in [0.29, 0.717) is 6.04 Å². The number of rotatable bonds is 11. The number of nitrogens with zero attached hydrogens (tertiary/aromatic N) is 3. The lowest BCUT2D eigenvalue weighted by Gasteiger charge is -2.06. The zero-order chi connectivity index (χ0) is 16.3. The number of benzene rings is 1. The van der Waals surface area contributed by atoms with Crippen LogP contribution >= 0.6 is 0 Å². The van der Waals surface area contributed by atoms with Gasteiger partial charge in [0.1, 0.15) is 0 Å². The van der Waals surface area contributed by atoms with Gasteiger partial charge in [0, 0.05) is 24.7 Å². The van der Waals surface area contributed by atoms with E-state index in [9.17, 15) is 0 Å². The van der Waals surface area contributed by atoms with Crippen LogP contribution in [0.25, 0.3) is 0 Å². The summed E-state index contributed by atoms with van der Waals surface area (Å²) in [4.78, 5) is 2.43. The van der Waals surface area contributed by atoms with Crippen LogP contribution in [0.4, 0.5) is 5.69 Å². The minimum Gasteiger partial charge on any atom is -0.365 e. The second kappa shape index (κ2) is 9.90. The van der Waals surface area contributed by atoms with Crippen LogP contribution in [-0.2, 0) is 0 Å². The molecule has 0 aliphatic carbocycles. The van der Waals surface area contributed by atoms with Crippen molar-refractivity contribution >= 4 is 5.69 Å². The van der Waals surface area contributed by atoms with Gasteiger partial charge in [-0.05, 0) is 37.1 Å². The molecule has 1 aromatic carbocycles. The number of nitriles is 2. The smallest absolute Gasteiger partial charge is 0.0991 e. The summed E-state index contributed by atoms with van der Waals surface area (Å²) in [6.45, 7) is 1.17. The first kappa shape index (κ1) is 17.4. The molecule has 1 aliphatic rings. The van der Waals surface area contributed by atoms with Crippen molar-refractivity contribution in [1.29, 1.82) is 10.5 Å². The predicted molar refractivity (Wildman–Crippen MR) is 94.1 cm³/mol. The van der Waals surface area contributed by atoms with Crippen LogP contribution in [0.5, 0.6) is 0 Å². The van der Waals surface area contributed by atoms with Gasteiger partial charge in [0.15, 0.2) is 0 Å². The Morgan fingerprint density at radius 3 is 2.09 bits per heavy atom. The van der Waals surface area contributed by atoms with Gasteiger partial charge in [-0.1, -0.05) is 44.9 Å². The number of hydrogen-bond donors (Lipinski definition) is 0.